The van der Waals surface area contributed by atoms with Crippen molar-refractivity contribution in [2.45, 2.75) is 25.9 Å². The zero-order valence-corrected chi connectivity index (χ0v) is 9.58. The average Bonchev–Trinajstić information content (AvgIpc) is 2.11. The highest BCUT2D eigenvalue weighted by atomic mass is 16.2. The highest BCUT2D eigenvalue weighted by Crippen LogP contribution is 2.12. The van der Waals surface area contributed by atoms with Crippen molar-refractivity contribution in [2.75, 3.05) is 33.7 Å². The first-order valence-electron chi connectivity index (χ1n) is 5.20. The van der Waals surface area contributed by atoms with E-state index in [1.54, 1.807) is 0 Å². The molecule has 1 aliphatic rings. The molecule has 1 saturated heterocycles. The molecular weight excluding hydrogens is 178 g/mol. The average molecular weight is 199 g/mol. The Morgan fingerprint density at radius 3 is 2.86 bits per heavy atom. The lowest BCUT2D eigenvalue weighted by Gasteiger charge is -2.41. The number of nitrogens with one attached hydrogen (secondary N) is 1. The van der Waals surface area contributed by atoms with Gasteiger partial charge in [0.1, 0.15) is 0 Å². The van der Waals surface area contributed by atoms with Crippen molar-refractivity contribution in [3.8, 4) is 0 Å². The SMILES string of the molecule is CNCC(C)N1CC(=O)N(C)CC1C. The normalized spacial score (nSPS) is 26.7. The number of hydrogen-bond donors (Lipinski definition) is 1. The van der Waals surface area contributed by atoms with Gasteiger partial charge in [-0.25, -0.2) is 0 Å². The number of carbonyl (C=O) groups is 1. The number of likely N-dealkylation sites (N-methyl/N-ethyl adjacent to an activating group) is 2. The Hall–Kier alpha value is -0.610. The van der Waals surface area contributed by atoms with Crippen molar-refractivity contribution < 1.29 is 4.79 Å². The van der Waals surface area contributed by atoms with Crippen LogP contribution < -0.4 is 5.32 Å². The van der Waals surface area contributed by atoms with Crippen molar-refractivity contribution in [3.63, 3.8) is 0 Å². The van der Waals surface area contributed by atoms with Gasteiger partial charge in [0.2, 0.25) is 5.91 Å². The molecule has 2 atom stereocenters. The smallest absolute Gasteiger partial charge is 0.236 e. The van der Waals surface area contributed by atoms with Gasteiger partial charge in [0.05, 0.1) is 6.54 Å². The second kappa shape index (κ2) is 4.75. The first kappa shape index (κ1) is 11.5. The van der Waals surface area contributed by atoms with Crippen LogP contribution in [-0.2, 0) is 4.79 Å². The molecule has 0 aromatic rings. The van der Waals surface area contributed by atoms with Crippen LogP contribution in [0.15, 0.2) is 0 Å². The molecule has 1 aliphatic heterocycles. The molecule has 0 aromatic carbocycles. The molecule has 1 fully saturated rings. The third kappa shape index (κ3) is 2.45. The molecule has 0 aromatic heterocycles. The van der Waals surface area contributed by atoms with E-state index in [2.05, 4.69) is 24.1 Å². The van der Waals surface area contributed by atoms with Gasteiger partial charge in [-0.2, -0.15) is 0 Å². The minimum Gasteiger partial charge on any atom is -0.343 e. The summed E-state index contributed by atoms with van der Waals surface area (Å²) >= 11 is 0. The van der Waals surface area contributed by atoms with E-state index in [0.29, 0.717) is 18.6 Å². The zero-order chi connectivity index (χ0) is 10.7. The van der Waals surface area contributed by atoms with Crippen LogP contribution in [0.2, 0.25) is 0 Å². The van der Waals surface area contributed by atoms with E-state index in [-0.39, 0.29) is 5.91 Å². The molecule has 0 saturated carbocycles. The molecule has 0 aliphatic carbocycles. The van der Waals surface area contributed by atoms with Crippen molar-refractivity contribution in [2.24, 2.45) is 0 Å². The summed E-state index contributed by atoms with van der Waals surface area (Å²) in [7, 11) is 3.82. The van der Waals surface area contributed by atoms with Crippen molar-refractivity contribution >= 4 is 5.91 Å². The molecule has 1 N–H and O–H groups in total. The Labute approximate surface area is 86.2 Å². The van der Waals surface area contributed by atoms with Crippen LogP contribution in [0.5, 0.6) is 0 Å². The van der Waals surface area contributed by atoms with Crippen LogP contribution in [0.25, 0.3) is 0 Å². The predicted molar refractivity (Wildman–Crippen MR) is 57.2 cm³/mol. The second-order valence-electron chi connectivity index (χ2n) is 4.20. The second-order valence-corrected chi connectivity index (χ2v) is 4.20. The van der Waals surface area contributed by atoms with Crippen LogP contribution in [-0.4, -0.2) is 61.5 Å². The van der Waals surface area contributed by atoms with Gasteiger partial charge in [-0.3, -0.25) is 9.69 Å². The van der Waals surface area contributed by atoms with Gasteiger partial charge in [-0.1, -0.05) is 0 Å². The zero-order valence-electron chi connectivity index (χ0n) is 9.58. The fraction of sp³-hybridized carbons (Fsp3) is 0.900. The monoisotopic (exact) mass is 199 g/mol. The summed E-state index contributed by atoms with van der Waals surface area (Å²) in [5.74, 6) is 0.228. The molecule has 14 heavy (non-hydrogen) atoms. The number of amides is 1. The molecular formula is C10H21N3O. The minimum atomic E-state index is 0.228. The number of carbonyl (C=O) groups excluding carboxylic acids is 1. The van der Waals surface area contributed by atoms with Gasteiger partial charge in [0.25, 0.3) is 0 Å². The quantitative estimate of drug-likeness (QED) is 0.681. The predicted octanol–water partition coefficient (Wildman–Crippen LogP) is -0.243. The van der Waals surface area contributed by atoms with Crippen molar-refractivity contribution in [1.82, 2.24) is 15.1 Å². The standard InChI is InChI=1S/C10H21N3O/c1-8(5-11-3)13-7-10(14)12(4)6-9(13)2/h8-9,11H,5-7H2,1-4H3. The third-order valence-electron chi connectivity index (χ3n) is 2.91. The van der Waals surface area contributed by atoms with Crippen molar-refractivity contribution in [3.05, 3.63) is 0 Å². The van der Waals surface area contributed by atoms with Gasteiger partial charge in [-0.15, -0.1) is 0 Å². The summed E-state index contributed by atoms with van der Waals surface area (Å²) in [6, 6.07) is 0.883. The van der Waals surface area contributed by atoms with E-state index in [0.717, 1.165) is 13.1 Å². The van der Waals surface area contributed by atoms with Crippen LogP contribution in [0.1, 0.15) is 13.8 Å². The Balaban J connectivity index is 2.56. The number of rotatable bonds is 3. The topological polar surface area (TPSA) is 35.6 Å². The number of hydrogen-bond acceptors (Lipinski definition) is 3. The molecule has 1 amide bonds. The Morgan fingerprint density at radius 1 is 1.64 bits per heavy atom. The van der Waals surface area contributed by atoms with Crippen LogP contribution >= 0.6 is 0 Å². The van der Waals surface area contributed by atoms with E-state index in [1.807, 2.05) is 19.0 Å². The Kier molecular flexibility index (Phi) is 3.89. The Morgan fingerprint density at radius 2 is 2.29 bits per heavy atom. The van der Waals surface area contributed by atoms with E-state index >= 15 is 0 Å². The summed E-state index contributed by atoms with van der Waals surface area (Å²) in [6.07, 6.45) is 0. The van der Waals surface area contributed by atoms with Crippen LogP contribution in [0.3, 0.4) is 0 Å². The van der Waals surface area contributed by atoms with Gasteiger partial charge in [0, 0.05) is 32.2 Å². The van der Waals surface area contributed by atoms with Gasteiger partial charge < -0.3 is 10.2 Å². The lowest BCUT2D eigenvalue weighted by atomic mass is 10.1. The lowest BCUT2D eigenvalue weighted by Crippen LogP contribution is -2.57. The Bertz CT molecular complexity index is 204. The molecule has 1 heterocycles. The fourth-order valence-electron chi connectivity index (χ4n) is 2.04. The fourth-order valence-corrected chi connectivity index (χ4v) is 2.04. The summed E-state index contributed by atoms with van der Waals surface area (Å²) in [4.78, 5) is 15.6. The molecule has 0 radical (unpaired) electrons. The maximum Gasteiger partial charge on any atom is 0.236 e. The minimum absolute atomic E-state index is 0.228. The molecule has 82 valence electrons. The van der Waals surface area contributed by atoms with E-state index in [1.165, 1.54) is 0 Å². The van der Waals surface area contributed by atoms with Gasteiger partial charge in [0.15, 0.2) is 0 Å². The molecule has 4 heteroatoms. The van der Waals surface area contributed by atoms with E-state index in [9.17, 15) is 4.79 Å². The maximum atomic E-state index is 11.5. The molecule has 2 unspecified atom stereocenters. The maximum absolute atomic E-state index is 11.5. The van der Waals surface area contributed by atoms with E-state index < -0.39 is 0 Å². The number of piperazine rings is 1. The van der Waals surface area contributed by atoms with Crippen LogP contribution in [0.4, 0.5) is 0 Å². The van der Waals surface area contributed by atoms with Gasteiger partial charge in [-0.05, 0) is 20.9 Å². The summed E-state index contributed by atoms with van der Waals surface area (Å²) in [5, 5.41) is 3.14. The van der Waals surface area contributed by atoms with E-state index in [4.69, 9.17) is 0 Å². The molecule has 0 bridgehead atoms. The van der Waals surface area contributed by atoms with Crippen molar-refractivity contribution in [1.29, 1.82) is 0 Å². The summed E-state index contributed by atoms with van der Waals surface area (Å²) in [6.45, 7) is 6.66. The summed E-state index contributed by atoms with van der Waals surface area (Å²) in [5.41, 5.74) is 0. The molecule has 1 rings (SSSR count). The highest BCUT2D eigenvalue weighted by Gasteiger charge is 2.29. The highest BCUT2D eigenvalue weighted by molar-refractivity contribution is 5.78. The molecule has 0 spiro atoms. The summed E-state index contributed by atoms with van der Waals surface area (Å²) < 4.78 is 0. The first-order chi connectivity index (χ1) is 6.56. The largest absolute Gasteiger partial charge is 0.343 e. The van der Waals surface area contributed by atoms with Gasteiger partial charge >= 0.3 is 0 Å². The molecule has 4 nitrogen and oxygen atoms in total. The first-order valence-corrected chi connectivity index (χ1v) is 5.20. The van der Waals surface area contributed by atoms with Crippen LogP contribution in [0, 0.1) is 0 Å². The number of nitrogens with zero attached hydrogens (tertiary/aromatic N) is 2. The third-order valence-corrected chi connectivity index (χ3v) is 2.91. The lowest BCUT2D eigenvalue weighted by molar-refractivity contribution is -0.137.